The van der Waals surface area contributed by atoms with Crippen molar-refractivity contribution in [1.82, 2.24) is 10.3 Å². The average molecular weight is 334 g/mol. The van der Waals surface area contributed by atoms with E-state index in [1.807, 2.05) is 54.6 Å². The molecule has 0 saturated heterocycles. The van der Waals surface area contributed by atoms with Crippen LogP contribution in [0.1, 0.15) is 28.6 Å². The molecule has 1 aromatic heterocycles. The number of hydrogen-bond donors (Lipinski definition) is 2. The number of benzene rings is 2. The Bertz CT molecular complexity index is 792. The molecule has 3 aromatic rings. The van der Waals surface area contributed by atoms with Crippen LogP contribution in [0.3, 0.4) is 0 Å². The van der Waals surface area contributed by atoms with Gasteiger partial charge in [-0.15, -0.1) is 0 Å². The Morgan fingerprint density at radius 3 is 2.32 bits per heavy atom. The first-order valence-electron chi connectivity index (χ1n) is 8.29. The molecule has 25 heavy (non-hydrogen) atoms. The van der Waals surface area contributed by atoms with Crippen molar-refractivity contribution in [2.75, 3.05) is 7.11 Å². The van der Waals surface area contributed by atoms with Gasteiger partial charge in [0, 0.05) is 25.2 Å². The second kappa shape index (κ2) is 8.42. The van der Waals surface area contributed by atoms with Crippen molar-refractivity contribution in [3.63, 3.8) is 0 Å². The van der Waals surface area contributed by atoms with E-state index in [4.69, 9.17) is 4.74 Å². The normalized spacial score (nSPS) is 11.9. The Kier molecular flexibility index (Phi) is 5.77. The molecular weight excluding hydrogens is 312 g/mol. The van der Waals surface area contributed by atoms with Crippen molar-refractivity contribution < 1.29 is 9.84 Å². The van der Waals surface area contributed by atoms with Crippen molar-refractivity contribution in [3.05, 3.63) is 95.3 Å². The van der Waals surface area contributed by atoms with Crippen molar-refractivity contribution in [2.45, 2.75) is 19.2 Å². The molecule has 1 atom stereocenters. The number of aromatic nitrogens is 1. The van der Waals surface area contributed by atoms with Crippen LogP contribution in [0.25, 0.3) is 0 Å². The molecule has 0 unspecified atom stereocenters. The van der Waals surface area contributed by atoms with Gasteiger partial charge in [0.1, 0.15) is 11.9 Å². The number of nitrogens with zero attached hydrogens (tertiary/aromatic N) is 1. The van der Waals surface area contributed by atoms with Crippen LogP contribution in [0.2, 0.25) is 0 Å². The predicted molar refractivity (Wildman–Crippen MR) is 98.3 cm³/mol. The molecule has 0 saturated carbocycles. The van der Waals surface area contributed by atoms with Gasteiger partial charge in [-0.05, 0) is 11.1 Å². The van der Waals surface area contributed by atoms with E-state index in [2.05, 4.69) is 22.4 Å². The lowest BCUT2D eigenvalue weighted by molar-refractivity contribution is 0.214. The molecule has 1 heterocycles. The lowest BCUT2D eigenvalue weighted by Crippen LogP contribution is -2.15. The highest BCUT2D eigenvalue weighted by molar-refractivity contribution is 5.33. The summed E-state index contributed by atoms with van der Waals surface area (Å²) in [6, 6.07) is 23.4. The second-order valence-corrected chi connectivity index (χ2v) is 5.83. The van der Waals surface area contributed by atoms with E-state index in [1.165, 1.54) is 5.56 Å². The molecule has 0 aliphatic carbocycles. The van der Waals surface area contributed by atoms with Crippen LogP contribution in [0.4, 0.5) is 0 Å². The molecule has 4 nitrogen and oxygen atoms in total. The van der Waals surface area contributed by atoms with Crippen LogP contribution in [-0.4, -0.2) is 17.2 Å². The van der Waals surface area contributed by atoms with E-state index in [0.29, 0.717) is 18.0 Å². The van der Waals surface area contributed by atoms with Crippen LogP contribution in [-0.2, 0) is 13.1 Å². The monoisotopic (exact) mass is 334 g/mol. The molecule has 0 aliphatic heterocycles. The first-order valence-corrected chi connectivity index (χ1v) is 8.29. The van der Waals surface area contributed by atoms with Gasteiger partial charge in [-0.25, -0.2) is 0 Å². The first-order chi connectivity index (χ1) is 12.3. The standard InChI is InChI=1S/C21H22N2O2/c1-25-19-12-18(15-22-14-16-8-4-2-5-9-16)23-20(13-19)21(24)17-10-6-3-7-11-17/h2-13,21-22,24H,14-15H2,1H3/t21-/m1/s1. The predicted octanol–water partition coefficient (Wildman–Crippen LogP) is 3.46. The van der Waals surface area contributed by atoms with Gasteiger partial charge in [0.05, 0.1) is 18.5 Å². The SMILES string of the molecule is COc1cc(CNCc2ccccc2)nc([C@H](O)c2ccccc2)c1. The molecule has 0 fully saturated rings. The van der Waals surface area contributed by atoms with E-state index in [9.17, 15) is 5.11 Å². The van der Waals surface area contributed by atoms with Crippen molar-refractivity contribution in [2.24, 2.45) is 0 Å². The molecular formula is C21H22N2O2. The molecule has 4 heteroatoms. The molecule has 0 amide bonds. The summed E-state index contributed by atoms with van der Waals surface area (Å²) in [6.07, 6.45) is -0.774. The topological polar surface area (TPSA) is 54.4 Å². The molecule has 2 N–H and O–H groups in total. The Morgan fingerprint density at radius 1 is 0.960 bits per heavy atom. The Balaban J connectivity index is 1.73. The number of nitrogens with one attached hydrogen (secondary N) is 1. The van der Waals surface area contributed by atoms with Gasteiger partial charge in [-0.2, -0.15) is 0 Å². The first kappa shape index (κ1) is 17.1. The molecule has 0 aliphatic rings. The van der Waals surface area contributed by atoms with Crippen LogP contribution in [0.5, 0.6) is 5.75 Å². The van der Waals surface area contributed by atoms with Gasteiger partial charge in [0.25, 0.3) is 0 Å². The highest BCUT2D eigenvalue weighted by Gasteiger charge is 2.14. The highest BCUT2D eigenvalue weighted by atomic mass is 16.5. The molecule has 0 spiro atoms. The van der Waals surface area contributed by atoms with Crippen LogP contribution in [0, 0.1) is 0 Å². The van der Waals surface area contributed by atoms with Gasteiger partial charge in [0.15, 0.2) is 0 Å². The minimum absolute atomic E-state index is 0.585. The average Bonchev–Trinajstić information content (AvgIpc) is 2.68. The smallest absolute Gasteiger partial charge is 0.122 e. The number of pyridine rings is 1. The van der Waals surface area contributed by atoms with Gasteiger partial charge < -0.3 is 15.2 Å². The fourth-order valence-electron chi connectivity index (χ4n) is 2.67. The van der Waals surface area contributed by atoms with E-state index < -0.39 is 6.10 Å². The van der Waals surface area contributed by atoms with Gasteiger partial charge >= 0.3 is 0 Å². The molecule has 2 aromatic carbocycles. The maximum Gasteiger partial charge on any atom is 0.122 e. The second-order valence-electron chi connectivity index (χ2n) is 5.83. The number of aliphatic hydroxyl groups is 1. The minimum atomic E-state index is -0.774. The number of rotatable bonds is 7. The minimum Gasteiger partial charge on any atom is -0.497 e. The molecule has 128 valence electrons. The van der Waals surface area contributed by atoms with Crippen LogP contribution < -0.4 is 10.1 Å². The largest absolute Gasteiger partial charge is 0.497 e. The lowest BCUT2D eigenvalue weighted by atomic mass is 10.1. The van der Waals surface area contributed by atoms with Crippen molar-refractivity contribution in [1.29, 1.82) is 0 Å². The Morgan fingerprint density at radius 2 is 1.64 bits per heavy atom. The zero-order chi connectivity index (χ0) is 17.5. The number of aliphatic hydroxyl groups excluding tert-OH is 1. The fraction of sp³-hybridized carbons (Fsp3) is 0.190. The Hall–Kier alpha value is -2.69. The third-order valence-corrected chi connectivity index (χ3v) is 3.98. The number of hydrogen-bond acceptors (Lipinski definition) is 4. The summed E-state index contributed by atoms with van der Waals surface area (Å²) in [5.74, 6) is 0.691. The summed E-state index contributed by atoms with van der Waals surface area (Å²) in [7, 11) is 1.62. The zero-order valence-corrected chi connectivity index (χ0v) is 14.2. The van der Waals surface area contributed by atoms with E-state index in [0.717, 1.165) is 17.8 Å². The van der Waals surface area contributed by atoms with Gasteiger partial charge in [0.2, 0.25) is 0 Å². The summed E-state index contributed by atoms with van der Waals surface area (Å²) >= 11 is 0. The van der Waals surface area contributed by atoms with E-state index >= 15 is 0 Å². The van der Waals surface area contributed by atoms with Crippen LogP contribution >= 0.6 is 0 Å². The van der Waals surface area contributed by atoms with Gasteiger partial charge in [-0.3, -0.25) is 4.98 Å². The summed E-state index contributed by atoms with van der Waals surface area (Å²) < 4.78 is 5.37. The summed E-state index contributed by atoms with van der Waals surface area (Å²) in [5.41, 5.74) is 3.45. The molecule has 3 rings (SSSR count). The number of ether oxygens (including phenoxy) is 1. The maximum atomic E-state index is 10.6. The highest BCUT2D eigenvalue weighted by Crippen LogP contribution is 2.24. The quantitative estimate of drug-likeness (QED) is 0.695. The van der Waals surface area contributed by atoms with Crippen molar-refractivity contribution in [3.8, 4) is 5.75 Å². The molecule has 0 bridgehead atoms. The van der Waals surface area contributed by atoms with Gasteiger partial charge in [-0.1, -0.05) is 60.7 Å². The summed E-state index contributed by atoms with van der Waals surface area (Å²) in [6.45, 7) is 1.36. The number of methoxy groups -OCH3 is 1. The summed E-state index contributed by atoms with van der Waals surface area (Å²) in [5, 5.41) is 14.0. The van der Waals surface area contributed by atoms with Crippen LogP contribution in [0.15, 0.2) is 72.8 Å². The van der Waals surface area contributed by atoms with E-state index in [-0.39, 0.29) is 0 Å². The summed E-state index contributed by atoms with van der Waals surface area (Å²) in [4.78, 5) is 4.60. The Labute approximate surface area is 148 Å². The van der Waals surface area contributed by atoms with E-state index in [1.54, 1.807) is 13.2 Å². The fourth-order valence-corrected chi connectivity index (χ4v) is 2.67. The third kappa shape index (κ3) is 4.66. The van der Waals surface area contributed by atoms with Crippen molar-refractivity contribution >= 4 is 0 Å². The third-order valence-electron chi connectivity index (χ3n) is 3.98. The lowest BCUT2D eigenvalue weighted by Gasteiger charge is -2.14. The maximum absolute atomic E-state index is 10.6. The molecule has 0 radical (unpaired) electrons. The zero-order valence-electron chi connectivity index (χ0n) is 14.2.